The summed E-state index contributed by atoms with van der Waals surface area (Å²) in [7, 11) is -1.93. The van der Waals surface area contributed by atoms with E-state index in [1.807, 2.05) is 12.1 Å². The Labute approximate surface area is 437 Å². The zero-order valence-corrected chi connectivity index (χ0v) is 41.7. The highest BCUT2D eigenvalue weighted by atomic mass is 32.3. The molecule has 0 amide bonds. The molecule has 10 aromatic carbocycles. The molecule has 5 nitrogen and oxygen atoms in total. The van der Waals surface area contributed by atoms with E-state index in [9.17, 15) is 0 Å². The summed E-state index contributed by atoms with van der Waals surface area (Å²) in [6, 6.07) is 95.6. The van der Waals surface area contributed by atoms with Gasteiger partial charge in [-0.05, 0) is 132 Å². The van der Waals surface area contributed by atoms with Crippen LogP contribution in [-0.2, 0) is 6.42 Å². The molecule has 0 atom stereocenters. The number of rotatable bonds is 10. The number of benzene rings is 9. The van der Waals surface area contributed by atoms with Crippen LogP contribution in [0.1, 0.15) is 17.7 Å². The van der Waals surface area contributed by atoms with E-state index in [2.05, 4.69) is 270 Å². The van der Waals surface area contributed by atoms with E-state index < -0.39 is 10.0 Å². The molecule has 3 aromatic heterocycles. The normalized spacial score (nSPS) is 12.5. The van der Waals surface area contributed by atoms with Gasteiger partial charge < -0.3 is 4.57 Å². The molecule has 0 N–H and O–H groups in total. The van der Waals surface area contributed by atoms with E-state index in [-0.39, 0.29) is 0 Å². The Morgan fingerprint density at radius 2 is 0.973 bits per heavy atom. The molecule has 0 bridgehead atoms. The predicted molar refractivity (Wildman–Crippen MR) is 308 cm³/mol. The number of aromatic nitrogens is 5. The maximum atomic E-state index is 5.63. The average Bonchev–Trinajstić information content (AvgIpc) is 4.03. The lowest BCUT2D eigenvalue weighted by atomic mass is 9.91. The minimum atomic E-state index is -1.93. The van der Waals surface area contributed by atoms with Crippen molar-refractivity contribution in [1.29, 1.82) is 0 Å². The van der Waals surface area contributed by atoms with E-state index in [1.165, 1.54) is 52.6 Å². The van der Waals surface area contributed by atoms with Gasteiger partial charge in [-0.15, -0.1) is 10.0 Å². The maximum Gasteiger partial charge on any atom is 0.238 e. The summed E-state index contributed by atoms with van der Waals surface area (Å²) in [5, 5.41) is 3.62. The molecule has 75 heavy (non-hydrogen) atoms. The molecule has 0 spiro atoms. The molecule has 3 heterocycles. The fourth-order valence-corrected chi connectivity index (χ4v) is 15.3. The average molecular weight is 978 g/mol. The van der Waals surface area contributed by atoms with Gasteiger partial charge in [-0.3, -0.25) is 4.57 Å². The highest BCUT2D eigenvalue weighted by Crippen LogP contribution is 2.73. The molecule has 0 unspecified atom stereocenters. The largest absolute Gasteiger partial charge is 0.309 e. The van der Waals surface area contributed by atoms with E-state index in [1.54, 1.807) is 0 Å². The van der Waals surface area contributed by atoms with E-state index in [0.29, 0.717) is 17.6 Å². The Hall–Kier alpha value is -9.54. The van der Waals surface area contributed by atoms with Gasteiger partial charge in [0.25, 0.3) is 0 Å². The first-order valence-electron chi connectivity index (χ1n) is 25.5. The lowest BCUT2D eigenvalue weighted by Crippen LogP contribution is -2.11. The number of allylic oxidation sites excluding steroid dienone is 1. The minimum absolute atomic E-state index is 0.574. The molecule has 354 valence electrons. The first-order chi connectivity index (χ1) is 37.2. The molecule has 6 heteroatoms. The summed E-state index contributed by atoms with van der Waals surface area (Å²) in [6.07, 6.45) is 6.33. The molecule has 14 rings (SSSR count). The predicted octanol–water partition coefficient (Wildman–Crippen LogP) is 17.5. The third kappa shape index (κ3) is 7.39. The van der Waals surface area contributed by atoms with Crippen LogP contribution >= 0.6 is 10.0 Å². The van der Waals surface area contributed by atoms with Gasteiger partial charge >= 0.3 is 0 Å². The highest BCUT2D eigenvalue weighted by molar-refractivity contribution is 8.34. The Morgan fingerprint density at radius 3 is 1.60 bits per heavy atom. The molecule has 1 aliphatic carbocycles. The fraction of sp³-hybridized carbons (Fsp3) is 0.0290. The van der Waals surface area contributed by atoms with Gasteiger partial charge in [-0.1, -0.05) is 176 Å². The fourth-order valence-electron chi connectivity index (χ4n) is 11.4. The third-order valence-corrected chi connectivity index (χ3v) is 18.6. The van der Waals surface area contributed by atoms with Gasteiger partial charge in [-0.25, -0.2) is 4.98 Å². The Balaban J connectivity index is 1.02. The van der Waals surface area contributed by atoms with Crippen LogP contribution < -0.4 is 0 Å². The van der Waals surface area contributed by atoms with Crippen molar-refractivity contribution < 1.29 is 0 Å². The number of hydrogen-bond acceptors (Lipinski definition) is 3. The second kappa shape index (κ2) is 18.5. The monoisotopic (exact) mass is 977 g/mol. The number of para-hydroxylation sites is 2. The molecule has 13 aromatic rings. The van der Waals surface area contributed by atoms with Gasteiger partial charge in [0.2, 0.25) is 5.95 Å². The lowest BCUT2D eigenvalue weighted by Gasteiger charge is -2.42. The SMILES string of the molecule is c1ccc(-c2cccc(-c3ccccc3)c2-c2nc(-c3ccc(S(c4ccccc4)(c4ccccc4)c4ccccc4)cc3)nc(-n3c4c(c5cc(-n6c7ccccc7c7ccccc76)ccc53)C=CCC4)n2)cc#1. The Kier molecular flexibility index (Phi) is 10.9. The van der Waals surface area contributed by atoms with Crippen molar-refractivity contribution in [2.24, 2.45) is 0 Å². The van der Waals surface area contributed by atoms with Gasteiger partial charge in [0.1, 0.15) is 0 Å². The second-order valence-electron chi connectivity index (χ2n) is 18.9. The van der Waals surface area contributed by atoms with Crippen LogP contribution in [0.4, 0.5) is 0 Å². The third-order valence-electron chi connectivity index (χ3n) is 14.7. The zero-order chi connectivity index (χ0) is 49.7. The molecule has 0 radical (unpaired) electrons. The van der Waals surface area contributed by atoms with Crippen LogP contribution in [-0.4, -0.2) is 24.1 Å². The standard InChI is InChI=1S/C69H47N5S/c1-6-23-48(24-7-1)56-36-22-37-57(49-25-8-2-9-26-49)66(56)68-70-67(50-41-44-55(45-42-50)75(52-27-10-3-11-28-52,53-29-12-4-13-30-53)54-31-14-5-15-32-54)71-69(72-68)74-64-40-21-18-35-60(64)61-47-51(43-46-65(61)74)73-62-38-19-16-33-58(62)59-34-17-20-39-63(59)73/h1,3-8,10-20,22-39,41-47H,21,40H2. The number of nitrogens with zero attached hydrogens (tertiary/aromatic N) is 5. The number of hydrogen-bond donors (Lipinski definition) is 0. The molecule has 0 fully saturated rings. The van der Waals surface area contributed by atoms with E-state index in [4.69, 9.17) is 15.0 Å². The second-order valence-corrected chi connectivity index (χ2v) is 22.0. The van der Waals surface area contributed by atoms with Crippen LogP contribution in [0.15, 0.2) is 274 Å². The van der Waals surface area contributed by atoms with Gasteiger partial charge in [0.05, 0.1) is 16.6 Å². The summed E-state index contributed by atoms with van der Waals surface area (Å²) >= 11 is 0. The molecule has 0 aliphatic heterocycles. The first kappa shape index (κ1) is 44.2. The van der Waals surface area contributed by atoms with Crippen LogP contribution in [0.2, 0.25) is 0 Å². The van der Waals surface area contributed by atoms with Gasteiger partial charge in [-0.2, -0.15) is 9.97 Å². The summed E-state index contributed by atoms with van der Waals surface area (Å²) in [6.45, 7) is 0. The Bertz CT molecular complexity index is 4050. The van der Waals surface area contributed by atoms with Crippen molar-refractivity contribution in [2.75, 3.05) is 0 Å². The quantitative estimate of drug-likeness (QED) is 0.137. The summed E-state index contributed by atoms with van der Waals surface area (Å²) in [4.78, 5) is 21.8. The Morgan fingerprint density at radius 1 is 0.413 bits per heavy atom. The molecular weight excluding hydrogens is 931 g/mol. The van der Waals surface area contributed by atoms with Crippen LogP contribution in [0, 0.1) is 12.1 Å². The number of fused-ring (bicyclic) bond motifs is 6. The summed E-state index contributed by atoms with van der Waals surface area (Å²) in [5.41, 5.74) is 12.8. The van der Waals surface area contributed by atoms with Crippen LogP contribution in [0.25, 0.3) is 95.5 Å². The molecule has 0 saturated heterocycles. The molecule has 1 aliphatic rings. The highest BCUT2D eigenvalue weighted by Gasteiger charge is 2.33. The molecule has 0 saturated carbocycles. The topological polar surface area (TPSA) is 48.5 Å². The van der Waals surface area contributed by atoms with E-state index >= 15 is 0 Å². The molecular formula is C69H47N5S. The van der Waals surface area contributed by atoms with Crippen molar-refractivity contribution in [3.63, 3.8) is 0 Å². The zero-order valence-electron chi connectivity index (χ0n) is 40.9. The van der Waals surface area contributed by atoms with Crippen LogP contribution in [0.5, 0.6) is 0 Å². The van der Waals surface area contributed by atoms with Crippen molar-refractivity contribution >= 4 is 48.8 Å². The van der Waals surface area contributed by atoms with Gasteiger partial charge in [0.15, 0.2) is 11.6 Å². The van der Waals surface area contributed by atoms with Crippen molar-refractivity contribution in [3.05, 3.63) is 278 Å². The van der Waals surface area contributed by atoms with Crippen LogP contribution in [0.3, 0.4) is 0 Å². The van der Waals surface area contributed by atoms with Crippen molar-refractivity contribution in [1.82, 2.24) is 24.1 Å². The van der Waals surface area contributed by atoms with Crippen molar-refractivity contribution in [3.8, 4) is 56.7 Å². The summed E-state index contributed by atoms with van der Waals surface area (Å²) in [5.74, 6) is 1.75. The smallest absolute Gasteiger partial charge is 0.238 e. The maximum absolute atomic E-state index is 5.63. The lowest BCUT2D eigenvalue weighted by molar-refractivity contribution is 0.838. The van der Waals surface area contributed by atoms with Crippen molar-refractivity contribution in [2.45, 2.75) is 32.4 Å². The minimum Gasteiger partial charge on any atom is -0.309 e. The first-order valence-corrected chi connectivity index (χ1v) is 27.1. The summed E-state index contributed by atoms with van der Waals surface area (Å²) < 4.78 is 4.70. The van der Waals surface area contributed by atoms with Gasteiger partial charge in [0, 0.05) is 63.8 Å². The van der Waals surface area contributed by atoms with E-state index in [0.717, 1.165) is 62.8 Å².